The lowest BCUT2D eigenvalue weighted by Crippen LogP contribution is -2.51. The average Bonchev–Trinajstić information content (AvgIpc) is 2.48. The molecule has 1 aromatic rings. The van der Waals surface area contributed by atoms with Crippen LogP contribution in [0.4, 0.5) is 0 Å². The predicted molar refractivity (Wildman–Crippen MR) is 91.9 cm³/mol. The Labute approximate surface area is 142 Å². The number of benzene rings is 1. The number of hydrogen-bond acceptors (Lipinski definition) is 3. The van der Waals surface area contributed by atoms with E-state index in [1.54, 1.807) is 17.9 Å². The van der Waals surface area contributed by atoms with E-state index < -0.39 is 10.0 Å². The van der Waals surface area contributed by atoms with Gasteiger partial charge in [0.1, 0.15) is 0 Å². The third-order valence-electron chi connectivity index (χ3n) is 3.71. The Morgan fingerprint density at radius 2 is 1.83 bits per heavy atom. The Balaban J connectivity index is 1.93. The van der Waals surface area contributed by atoms with Crippen molar-refractivity contribution in [3.63, 3.8) is 0 Å². The normalized spacial score (nSPS) is 16.3. The van der Waals surface area contributed by atoms with Crippen molar-refractivity contribution in [3.8, 4) is 0 Å². The Kier molecular flexibility index (Phi) is 5.84. The molecule has 0 atom stereocenters. The van der Waals surface area contributed by atoms with Gasteiger partial charge in [-0.3, -0.25) is 4.79 Å². The van der Waals surface area contributed by atoms with Crippen LogP contribution in [0, 0.1) is 0 Å². The van der Waals surface area contributed by atoms with Crippen LogP contribution in [0.2, 0.25) is 5.02 Å². The summed E-state index contributed by atoms with van der Waals surface area (Å²) >= 11 is 6.07. The first-order valence-electron chi connectivity index (χ1n) is 7.43. The Morgan fingerprint density at radius 1 is 1.22 bits per heavy atom. The summed E-state index contributed by atoms with van der Waals surface area (Å²) in [6.07, 6.45) is 0.234. The molecule has 0 bridgehead atoms. The molecule has 126 valence electrons. The quantitative estimate of drug-likeness (QED) is 0.757. The molecule has 1 aliphatic rings. The monoisotopic (exact) mass is 356 g/mol. The fraction of sp³-hybridized carbons (Fsp3) is 0.438. The first-order valence-corrected chi connectivity index (χ1v) is 9.41. The van der Waals surface area contributed by atoms with E-state index in [1.165, 1.54) is 4.31 Å². The van der Waals surface area contributed by atoms with Crippen LogP contribution in [-0.2, 0) is 21.2 Å². The number of sulfonamides is 1. The van der Waals surface area contributed by atoms with Crippen molar-refractivity contribution in [2.45, 2.75) is 13.3 Å². The third-order valence-corrected chi connectivity index (χ3v) is 6.09. The van der Waals surface area contributed by atoms with Gasteiger partial charge < -0.3 is 4.90 Å². The average molecular weight is 357 g/mol. The second kappa shape index (κ2) is 7.47. The lowest BCUT2D eigenvalue weighted by atomic mass is 10.1. The van der Waals surface area contributed by atoms with E-state index in [0.29, 0.717) is 36.8 Å². The fourth-order valence-corrected chi connectivity index (χ4v) is 4.26. The minimum atomic E-state index is -3.32. The largest absolute Gasteiger partial charge is 0.340 e. The van der Waals surface area contributed by atoms with Crippen LogP contribution in [-0.4, -0.2) is 55.5 Å². The van der Waals surface area contributed by atoms with Crippen LogP contribution in [0.3, 0.4) is 0 Å². The Bertz CT molecular complexity index is 695. The van der Waals surface area contributed by atoms with E-state index in [1.807, 2.05) is 18.2 Å². The molecule has 1 aromatic carbocycles. The number of piperazine rings is 1. The van der Waals surface area contributed by atoms with Gasteiger partial charge in [-0.15, -0.1) is 0 Å². The zero-order valence-corrected chi connectivity index (χ0v) is 14.7. The van der Waals surface area contributed by atoms with E-state index >= 15 is 0 Å². The molecule has 0 spiro atoms. The van der Waals surface area contributed by atoms with Crippen molar-refractivity contribution in [1.29, 1.82) is 0 Å². The molecule has 1 saturated heterocycles. The van der Waals surface area contributed by atoms with Crippen molar-refractivity contribution in [2.24, 2.45) is 0 Å². The molecule has 1 amide bonds. The van der Waals surface area contributed by atoms with Crippen LogP contribution in [0.25, 0.3) is 0 Å². The fourth-order valence-electron chi connectivity index (χ4n) is 2.53. The highest BCUT2D eigenvalue weighted by atomic mass is 35.5. The van der Waals surface area contributed by atoms with E-state index in [-0.39, 0.29) is 18.1 Å². The van der Waals surface area contributed by atoms with Crippen molar-refractivity contribution in [1.82, 2.24) is 9.21 Å². The smallest absolute Gasteiger partial charge is 0.227 e. The second-order valence-electron chi connectivity index (χ2n) is 5.76. The summed E-state index contributed by atoms with van der Waals surface area (Å²) < 4.78 is 25.7. The summed E-state index contributed by atoms with van der Waals surface area (Å²) in [5.41, 5.74) is 1.40. The van der Waals surface area contributed by atoms with Gasteiger partial charge in [-0.1, -0.05) is 42.0 Å². The maximum absolute atomic E-state index is 12.3. The van der Waals surface area contributed by atoms with Crippen LogP contribution >= 0.6 is 11.6 Å². The molecule has 0 radical (unpaired) electrons. The molecule has 5 nitrogen and oxygen atoms in total. The maximum atomic E-state index is 12.3. The molecule has 0 saturated carbocycles. The standard InChI is InChI=1S/C16H21ClN2O3S/c1-13(2)12-23(21,22)19-9-7-18(8-10-19)16(20)11-14-5-3-4-6-15(14)17/h3-6H,1,7-12H2,2H3. The number of hydrogen-bond donors (Lipinski definition) is 0. The number of rotatable bonds is 5. The number of amides is 1. The summed E-state index contributed by atoms with van der Waals surface area (Å²) in [5, 5.41) is 0.573. The van der Waals surface area contributed by atoms with Crippen molar-refractivity contribution >= 4 is 27.5 Å². The second-order valence-corrected chi connectivity index (χ2v) is 8.14. The molecule has 1 aliphatic heterocycles. The van der Waals surface area contributed by atoms with Gasteiger partial charge >= 0.3 is 0 Å². The van der Waals surface area contributed by atoms with Gasteiger partial charge in [-0.2, -0.15) is 4.31 Å². The molecular formula is C16H21ClN2O3S. The third kappa shape index (κ3) is 4.80. The molecular weight excluding hydrogens is 336 g/mol. The van der Waals surface area contributed by atoms with Gasteiger partial charge in [0.15, 0.2) is 0 Å². The number of halogens is 1. The highest BCUT2D eigenvalue weighted by Crippen LogP contribution is 2.17. The zero-order chi connectivity index (χ0) is 17.0. The SMILES string of the molecule is C=C(C)CS(=O)(=O)N1CCN(C(=O)Cc2ccccc2Cl)CC1. The van der Waals surface area contributed by atoms with Crippen molar-refractivity contribution < 1.29 is 13.2 Å². The van der Waals surface area contributed by atoms with Gasteiger partial charge in [-0.25, -0.2) is 8.42 Å². The molecule has 0 unspecified atom stereocenters. The molecule has 1 heterocycles. The lowest BCUT2D eigenvalue weighted by Gasteiger charge is -2.34. The zero-order valence-electron chi connectivity index (χ0n) is 13.2. The molecule has 0 N–H and O–H groups in total. The minimum absolute atomic E-state index is 0.0324. The topological polar surface area (TPSA) is 57.7 Å². The maximum Gasteiger partial charge on any atom is 0.227 e. The van der Waals surface area contributed by atoms with E-state index in [9.17, 15) is 13.2 Å². The van der Waals surface area contributed by atoms with E-state index in [2.05, 4.69) is 6.58 Å². The van der Waals surface area contributed by atoms with Gasteiger partial charge in [0.2, 0.25) is 15.9 Å². The minimum Gasteiger partial charge on any atom is -0.340 e. The van der Waals surface area contributed by atoms with Crippen molar-refractivity contribution in [2.75, 3.05) is 31.9 Å². The summed E-state index contributed by atoms with van der Waals surface area (Å²) in [7, 11) is -3.32. The van der Waals surface area contributed by atoms with E-state index in [4.69, 9.17) is 11.6 Å². The van der Waals surface area contributed by atoms with Crippen LogP contribution < -0.4 is 0 Å². The van der Waals surface area contributed by atoms with E-state index in [0.717, 1.165) is 5.56 Å². The van der Waals surface area contributed by atoms with Crippen LogP contribution in [0.5, 0.6) is 0 Å². The number of nitrogens with zero attached hydrogens (tertiary/aromatic N) is 2. The first-order chi connectivity index (χ1) is 10.8. The summed E-state index contributed by atoms with van der Waals surface area (Å²) in [6.45, 7) is 6.80. The molecule has 0 aromatic heterocycles. The molecule has 1 fully saturated rings. The number of carbonyl (C=O) groups is 1. The summed E-state index contributed by atoms with van der Waals surface area (Å²) in [6, 6.07) is 7.25. The molecule has 2 rings (SSSR count). The van der Waals surface area contributed by atoms with Crippen LogP contribution in [0.1, 0.15) is 12.5 Å². The number of carbonyl (C=O) groups excluding carboxylic acids is 1. The highest BCUT2D eigenvalue weighted by molar-refractivity contribution is 7.89. The first kappa shape index (κ1) is 18.0. The van der Waals surface area contributed by atoms with Gasteiger partial charge in [-0.05, 0) is 18.6 Å². The van der Waals surface area contributed by atoms with Crippen molar-refractivity contribution in [3.05, 3.63) is 47.0 Å². The van der Waals surface area contributed by atoms with Gasteiger partial charge in [0.05, 0.1) is 12.2 Å². The van der Waals surface area contributed by atoms with Gasteiger partial charge in [0.25, 0.3) is 0 Å². The Morgan fingerprint density at radius 3 is 2.39 bits per heavy atom. The summed E-state index contributed by atoms with van der Waals surface area (Å²) in [4.78, 5) is 14.0. The molecule has 7 heteroatoms. The van der Waals surface area contributed by atoms with Crippen LogP contribution in [0.15, 0.2) is 36.4 Å². The lowest BCUT2D eigenvalue weighted by molar-refractivity contribution is -0.131. The Hall–Kier alpha value is -1.37. The highest BCUT2D eigenvalue weighted by Gasteiger charge is 2.28. The summed E-state index contributed by atoms with van der Waals surface area (Å²) in [5.74, 6) is -0.0735. The molecule has 0 aliphatic carbocycles. The van der Waals surface area contributed by atoms with Gasteiger partial charge in [0, 0.05) is 31.2 Å². The predicted octanol–water partition coefficient (Wildman–Crippen LogP) is 1.93. The molecule has 23 heavy (non-hydrogen) atoms.